The molecule has 4 rings (SSSR count). The van der Waals surface area contributed by atoms with E-state index in [1.54, 1.807) is 17.2 Å². The van der Waals surface area contributed by atoms with Crippen molar-refractivity contribution in [3.8, 4) is 6.01 Å². The maximum Gasteiger partial charge on any atom is 0.317 e. The Kier molecular flexibility index (Phi) is 6.22. The molecule has 0 aliphatic carbocycles. The van der Waals surface area contributed by atoms with Gasteiger partial charge in [0.15, 0.2) is 6.61 Å². The molecule has 0 bridgehead atoms. The molecule has 2 aliphatic heterocycles. The van der Waals surface area contributed by atoms with Gasteiger partial charge in [0.1, 0.15) is 5.82 Å². The number of aryl methyl sites for hydroxylation is 2. The molecule has 0 radical (unpaired) electrons. The Balaban J connectivity index is 1.32. The van der Waals surface area contributed by atoms with Crippen LogP contribution in [0.25, 0.3) is 0 Å². The first-order valence-corrected chi connectivity index (χ1v) is 10.2. The summed E-state index contributed by atoms with van der Waals surface area (Å²) in [7, 11) is 0. The van der Waals surface area contributed by atoms with Crippen molar-refractivity contribution >= 4 is 17.7 Å². The molecule has 2 aromatic heterocycles. The Morgan fingerprint density at radius 3 is 2.50 bits per heavy atom. The number of nitrogens with zero attached hydrogens (tertiary/aromatic N) is 7. The zero-order chi connectivity index (χ0) is 20.9. The van der Waals surface area contributed by atoms with Gasteiger partial charge in [-0.25, -0.2) is 15.0 Å². The topological polar surface area (TPSA) is 96.8 Å². The fraction of sp³-hybridized carbons (Fsp3) is 0.550. The highest BCUT2D eigenvalue weighted by Gasteiger charge is 2.24. The molecule has 1 amide bonds. The number of piperazine rings is 1. The number of carbonyl (C=O) groups is 1. The SMILES string of the molecule is Cc1ccnc(OCC(=O)N2CCN(c3nc(C)cc(N4CCOCC4)n3)CC2)n1. The minimum Gasteiger partial charge on any atom is -0.453 e. The summed E-state index contributed by atoms with van der Waals surface area (Å²) in [5.74, 6) is 1.58. The predicted octanol–water partition coefficient (Wildman–Crippen LogP) is 0.448. The van der Waals surface area contributed by atoms with Gasteiger partial charge in [-0.1, -0.05) is 0 Å². The lowest BCUT2D eigenvalue weighted by Gasteiger charge is -2.35. The van der Waals surface area contributed by atoms with Gasteiger partial charge in [0.2, 0.25) is 5.95 Å². The van der Waals surface area contributed by atoms with Crippen molar-refractivity contribution in [2.75, 3.05) is 68.9 Å². The number of morpholine rings is 1. The Hall–Kier alpha value is -3.01. The van der Waals surface area contributed by atoms with Gasteiger partial charge in [0.25, 0.3) is 5.91 Å². The van der Waals surface area contributed by atoms with Crippen molar-refractivity contribution < 1.29 is 14.3 Å². The zero-order valence-corrected chi connectivity index (χ0v) is 17.5. The van der Waals surface area contributed by atoms with Gasteiger partial charge < -0.3 is 24.2 Å². The van der Waals surface area contributed by atoms with Crippen molar-refractivity contribution in [2.24, 2.45) is 0 Å². The smallest absolute Gasteiger partial charge is 0.317 e. The van der Waals surface area contributed by atoms with E-state index >= 15 is 0 Å². The van der Waals surface area contributed by atoms with E-state index < -0.39 is 0 Å². The molecule has 0 N–H and O–H groups in total. The molecule has 2 aliphatic rings. The molecule has 30 heavy (non-hydrogen) atoms. The van der Waals surface area contributed by atoms with Crippen LogP contribution in [-0.4, -0.2) is 89.8 Å². The second-order valence-corrected chi connectivity index (χ2v) is 7.40. The summed E-state index contributed by atoms with van der Waals surface area (Å²) in [5.41, 5.74) is 1.74. The van der Waals surface area contributed by atoms with Gasteiger partial charge >= 0.3 is 6.01 Å². The number of rotatable bonds is 5. The summed E-state index contributed by atoms with van der Waals surface area (Å²) in [6, 6.07) is 4.02. The largest absolute Gasteiger partial charge is 0.453 e. The summed E-state index contributed by atoms with van der Waals surface area (Å²) in [5, 5.41) is 0. The molecule has 10 nitrogen and oxygen atoms in total. The standard InChI is InChI=1S/C20H27N7O3/c1-15-3-4-21-20(23-15)30-14-18(28)26-5-7-27(8-6-26)19-22-16(2)13-17(24-19)25-9-11-29-12-10-25/h3-4,13H,5-12,14H2,1-2H3. The fourth-order valence-corrected chi connectivity index (χ4v) is 3.50. The lowest BCUT2D eigenvalue weighted by atomic mass is 10.3. The molecule has 2 saturated heterocycles. The summed E-state index contributed by atoms with van der Waals surface area (Å²) in [4.78, 5) is 36.2. The van der Waals surface area contributed by atoms with E-state index in [-0.39, 0.29) is 18.5 Å². The first-order chi connectivity index (χ1) is 14.6. The monoisotopic (exact) mass is 413 g/mol. The molecule has 0 aromatic carbocycles. The van der Waals surface area contributed by atoms with E-state index in [1.807, 2.05) is 19.9 Å². The number of carbonyl (C=O) groups excluding carboxylic acids is 1. The average molecular weight is 413 g/mol. The number of ether oxygens (including phenoxy) is 2. The molecular weight excluding hydrogens is 386 g/mol. The Morgan fingerprint density at radius 2 is 1.77 bits per heavy atom. The van der Waals surface area contributed by atoms with Gasteiger partial charge in [-0.15, -0.1) is 0 Å². The van der Waals surface area contributed by atoms with Crippen LogP contribution < -0.4 is 14.5 Å². The Labute approximate surface area is 175 Å². The second kappa shape index (κ2) is 9.21. The minimum atomic E-state index is -0.0704. The van der Waals surface area contributed by atoms with Crippen LogP contribution in [0.4, 0.5) is 11.8 Å². The third kappa shape index (κ3) is 4.93. The van der Waals surface area contributed by atoms with Gasteiger partial charge in [-0.05, 0) is 19.9 Å². The number of hydrogen-bond donors (Lipinski definition) is 0. The van der Waals surface area contributed by atoms with E-state index in [9.17, 15) is 4.79 Å². The predicted molar refractivity (Wildman–Crippen MR) is 111 cm³/mol. The second-order valence-electron chi connectivity index (χ2n) is 7.40. The van der Waals surface area contributed by atoms with Crippen molar-refractivity contribution in [3.05, 3.63) is 29.7 Å². The highest BCUT2D eigenvalue weighted by Crippen LogP contribution is 2.19. The van der Waals surface area contributed by atoms with Crippen molar-refractivity contribution in [1.29, 1.82) is 0 Å². The van der Waals surface area contributed by atoms with Crippen molar-refractivity contribution in [3.63, 3.8) is 0 Å². The van der Waals surface area contributed by atoms with E-state index in [0.29, 0.717) is 32.1 Å². The first kappa shape index (κ1) is 20.3. The molecule has 2 fully saturated rings. The maximum absolute atomic E-state index is 12.5. The Morgan fingerprint density at radius 1 is 1.00 bits per heavy atom. The molecular formula is C20H27N7O3. The summed E-state index contributed by atoms with van der Waals surface area (Å²) in [6.45, 7) is 9.44. The number of aromatic nitrogens is 4. The highest BCUT2D eigenvalue weighted by atomic mass is 16.5. The molecule has 0 saturated carbocycles. The number of anilines is 2. The molecule has 2 aromatic rings. The first-order valence-electron chi connectivity index (χ1n) is 10.2. The fourth-order valence-electron chi connectivity index (χ4n) is 3.50. The maximum atomic E-state index is 12.5. The van der Waals surface area contributed by atoms with Crippen LogP contribution in [0.2, 0.25) is 0 Å². The molecule has 0 spiro atoms. The number of hydrogen-bond acceptors (Lipinski definition) is 9. The summed E-state index contributed by atoms with van der Waals surface area (Å²) in [6.07, 6.45) is 1.62. The zero-order valence-electron chi connectivity index (χ0n) is 17.5. The van der Waals surface area contributed by atoms with Crippen LogP contribution >= 0.6 is 0 Å². The molecule has 0 atom stereocenters. The van der Waals surface area contributed by atoms with Gasteiger partial charge in [-0.2, -0.15) is 4.98 Å². The van der Waals surface area contributed by atoms with Crippen LogP contribution in [0.3, 0.4) is 0 Å². The molecule has 0 unspecified atom stereocenters. The molecule has 10 heteroatoms. The highest BCUT2D eigenvalue weighted by molar-refractivity contribution is 5.78. The van der Waals surface area contributed by atoms with Crippen LogP contribution in [0.15, 0.2) is 18.3 Å². The van der Waals surface area contributed by atoms with E-state index in [2.05, 4.69) is 24.8 Å². The minimum absolute atomic E-state index is 0.0639. The Bertz CT molecular complexity index is 880. The average Bonchev–Trinajstić information content (AvgIpc) is 2.78. The van der Waals surface area contributed by atoms with E-state index in [0.717, 1.165) is 43.5 Å². The molecule has 160 valence electrons. The molecule has 4 heterocycles. The van der Waals surface area contributed by atoms with Crippen LogP contribution in [0, 0.1) is 13.8 Å². The van der Waals surface area contributed by atoms with Gasteiger partial charge in [0, 0.05) is 62.9 Å². The van der Waals surface area contributed by atoms with E-state index in [4.69, 9.17) is 14.5 Å². The third-order valence-corrected chi connectivity index (χ3v) is 5.18. The summed E-state index contributed by atoms with van der Waals surface area (Å²) >= 11 is 0. The lowest BCUT2D eigenvalue weighted by molar-refractivity contribution is -0.133. The van der Waals surface area contributed by atoms with Crippen LogP contribution in [0.1, 0.15) is 11.4 Å². The van der Waals surface area contributed by atoms with Crippen molar-refractivity contribution in [2.45, 2.75) is 13.8 Å². The van der Waals surface area contributed by atoms with E-state index in [1.165, 1.54) is 0 Å². The van der Waals surface area contributed by atoms with Crippen molar-refractivity contribution in [1.82, 2.24) is 24.8 Å². The van der Waals surface area contributed by atoms with Gasteiger partial charge in [-0.3, -0.25) is 4.79 Å². The third-order valence-electron chi connectivity index (χ3n) is 5.18. The quantitative estimate of drug-likeness (QED) is 0.692. The summed E-state index contributed by atoms with van der Waals surface area (Å²) < 4.78 is 10.9. The van der Waals surface area contributed by atoms with Crippen LogP contribution in [0.5, 0.6) is 6.01 Å². The lowest BCUT2D eigenvalue weighted by Crippen LogP contribution is -2.50. The van der Waals surface area contributed by atoms with Gasteiger partial charge in [0.05, 0.1) is 13.2 Å². The number of amides is 1. The normalized spacial score (nSPS) is 17.2. The van der Waals surface area contributed by atoms with Crippen LogP contribution in [-0.2, 0) is 9.53 Å².